The van der Waals surface area contributed by atoms with Gasteiger partial charge in [0.1, 0.15) is 3.70 Å². The van der Waals surface area contributed by atoms with Gasteiger partial charge in [-0.3, -0.25) is 4.79 Å². The number of nitrogens with zero attached hydrogens (tertiary/aromatic N) is 1. The number of hydrogen-bond acceptors (Lipinski definition) is 2. The van der Waals surface area contributed by atoms with Crippen molar-refractivity contribution in [2.45, 2.75) is 6.18 Å². The molecule has 2 N–H and O–H groups in total. The third-order valence-electron chi connectivity index (χ3n) is 1.40. The number of primary amides is 1. The molecule has 0 unspecified atom stereocenters. The summed E-state index contributed by atoms with van der Waals surface area (Å²) < 4.78 is 37.1. The Morgan fingerprint density at radius 1 is 1.43 bits per heavy atom. The van der Waals surface area contributed by atoms with Crippen molar-refractivity contribution >= 4 is 28.5 Å². The second kappa shape index (κ2) is 3.71. The highest BCUT2D eigenvalue weighted by molar-refractivity contribution is 14.1. The minimum atomic E-state index is -4.66. The molecule has 0 aromatic carbocycles. The molecule has 7 heteroatoms. The Morgan fingerprint density at radius 3 is 2.43 bits per heavy atom. The van der Waals surface area contributed by atoms with Gasteiger partial charge in [0.15, 0.2) is 5.69 Å². The molecule has 76 valence electrons. The number of amides is 1. The van der Waals surface area contributed by atoms with Crippen molar-refractivity contribution in [1.82, 2.24) is 4.98 Å². The van der Waals surface area contributed by atoms with Gasteiger partial charge in [0, 0.05) is 0 Å². The topological polar surface area (TPSA) is 56.0 Å². The monoisotopic (exact) mass is 316 g/mol. The predicted octanol–water partition coefficient (Wildman–Crippen LogP) is 1.80. The molecule has 1 amide bonds. The highest BCUT2D eigenvalue weighted by atomic mass is 127. The lowest BCUT2D eigenvalue weighted by Gasteiger charge is -2.09. The highest BCUT2D eigenvalue weighted by Gasteiger charge is 2.36. The minimum Gasteiger partial charge on any atom is -0.366 e. The first-order valence-corrected chi connectivity index (χ1v) is 4.44. The van der Waals surface area contributed by atoms with E-state index in [0.717, 1.165) is 6.07 Å². The zero-order chi connectivity index (χ0) is 10.9. The molecule has 0 aliphatic heterocycles. The van der Waals surface area contributed by atoms with E-state index in [1.807, 2.05) is 0 Å². The molecular weight excluding hydrogens is 312 g/mol. The normalized spacial score (nSPS) is 11.4. The van der Waals surface area contributed by atoms with Crippen molar-refractivity contribution in [3.8, 4) is 0 Å². The first-order chi connectivity index (χ1) is 6.32. The maximum atomic E-state index is 12.3. The van der Waals surface area contributed by atoms with Crippen LogP contribution in [-0.4, -0.2) is 10.9 Å². The molecule has 0 saturated carbocycles. The van der Waals surface area contributed by atoms with E-state index in [1.165, 1.54) is 6.07 Å². The molecular formula is C7H4F3IN2O. The average molecular weight is 316 g/mol. The van der Waals surface area contributed by atoms with Gasteiger partial charge in [-0.05, 0) is 34.7 Å². The van der Waals surface area contributed by atoms with Crippen molar-refractivity contribution in [3.63, 3.8) is 0 Å². The smallest absolute Gasteiger partial charge is 0.366 e. The standard InChI is InChI=1S/C7H4F3IN2O/c8-7(9,10)5-3(6(12)14)1-2-4(11)13-5/h1-2H,(H2,12,14). The van der Waals surface area contributed by atoms with Crippen molar-refractivity contribution in [2.75, 3.05) is 0 Å². The maximum absolute atomic E-state index is 12.3. The quantitative estimate of drug-likeness (QED) is 0.634. The zero-order valence-corrected chi connectivity index (χ0v) is 8.76. The van der Waals surface area contributed by atoms with Crippen LogP contribution in [0.25, 0.3) is 0 Å². The molecule has 1 aromatic rings. The fraction of sp³-hybridized carbons (Fsp3) is 0.143. The van der Waals surface area contributed by atoms with Crippen molar-refractivity contribution in [2.24, 2.45) is 5.73 Å². The molecule has 0 radical (unpaired) electrons. The maximum Gasteiger partial charge on any atom is 0.434 e. The number of carbonyl (C=O) groups excluding carboxylic acids is 1. The molecule has 0 aliphatic carbocycles. The summed E-state index contributed by atoms with van der Waals surface area (Å²) >= 11 is 1.62. The van der Waals surface area contributed by atoms with E-state index in [1.54, 1.807) is 22.6 Å². The van der Waals surface area contributed by atoms with Crippen LogP contribution in [0.4, 0.5) is 13.2 Å². The number of halogens is 4. The van der Waals surface area contributed by atoms with E-state index in [9.17, 15) is 18.0 Å². The molecule has 1 rings (SSSR count). The summed E-state index contributed by atoms with van der Waals surface area (Å²) in [4.78, 5) is 13.9. The predicted molar refractivity (Wildman–Crippen MR) is 50.5 cm³/mol. The summed E-state index contributed by atoms with van der Waals surface area (Å²) in [5.74, 6) is -1.14. The van der Waals surface area contributed by atoms with Crippen molar-refractivity contribution in [1.29, 1.82) is 0 Å². The van der Waals surface area contributed by atoms with Crippen LogP contribution < -0.4 is 5.73 Å². The van der Waals surface area contributed by atoms with Crippen LogP contribution in [0.3, 0.4) is 0 Å². The summed E-state index contributed by atoms with van der Waals surface area (Å²) in [6, 6.07) is 2.30. The van der Waals surface area contributed by atoms with Gasteiger partial charge in [-0.2, -0.15) is 13.2 Å². The second-order valence-corrected chi connectivity index (χ2v) is 3.50. The first kappa shape index (κ1) is 11.2. The van der Waals surface area contributed by atoms with E-state index in [0.29, 0.717) is 0 Å². The van der Waals surface area contributed by atoms with Crippen LogP contribution in [0.15, 0.2) is 12.1 Å². The summed E-state index contributed by atoms with van der Waals surface area (Å²) in [6.07, 6.45) is -4.66. The van der Waals surface area contributed by atoms with Crippen molar-refractivity contribution in [3.05, 3.63) is 27.1 Å². The Kier molecular flexibility index (Phi) is 2.98. The minimum absolute atomic E-state index is 0.153. The lowest BCUT2D eigenvalue weighted by molar-refractivity contribution is -0.141. The van der Waals surface area contributed by atoms with Gasteiger partial charge in [0.05, 0.1) is 5.56 Å². The zero-order valence-electron chi connectivity index (χ0n) is 6.60. The number of pyridine rings is 1. The Labute approximate surface area is 90.6 Å². The van der Waals surface area contributed by atoms with Gasteiger partial charge in [-0.1, -0.05) is 0 Å². The summed E-state index contributed by atoms with van der Waals surface area (Å²) in [5.41, 5.74) is 2.93. The second-order valence-electron chi connectivity index (χ2n) is 2.39. The third-order valence-corrected chi connectivity index (χ3v) is 2.00. The van der Waals surface area contributed by atoms with Crippen LogP contribution in [0.5, 0.6) is 0 Å². The van der Waals surface area contributed by atoms with Gasteiger partial charge in [0.2, 0.25) is 0 Å². The number of carbonyl (C=O) groups is 1. The number of hydrogen-bond donors (Lipinski definition) is 1. The van der Waals surface area contributed by atoms with Crippen LogP contribution in [-0.2, 0) is 6.18 Å². The summed E-state index contributed by atoms with van der Waals surface area (Å²) in [7, 11) is 0. The molecule has 0 spiro atoms. The summed E-state index contributed by atoms with van der Waals surface area (Å²) in [5, 5.41) is 0. The molecule has 1 aromatic heterocycles. The molecule has 0 fully saturated rings. The van der Waals surface area contributed by atoms with Crippen LogP contribution in [0, 0.1) is 3.70 Å². The van der Waals surface area contributed by atoms with E-state index in [-0.39, 0.29) is 3.70 Å². The fourth-order valence-corrected chi connectivity index (χ4v) is 1.27. The van der Waals surface area contributed by atoms with Gasteiger partial charge in [0.25, 0.3) is 5.91 Å². The molecule has 14 heavy (non-hydrogen) atoms. The fourth-order valence-electron chi connectivity index (χ4n) is 0.850. The Morgan fingerprint density at radius 2 is 2.00 bits per heavy atom. The molecule has 3 nitrogen and oxygen atoms in total. The number of rotatable bonds is 1. The molecule has 0 saturated heterocycles. The van der Waals surface area contributed by atoms with E-state index in [2.05, 4.69) is 4.98 Å². The molecule has 0 aliphatic rings. The van der Waals surface area contributed by atoms with Crippen LogP contribution in [0.1, 0.15) is 16.1 Å². The SMILES string of the molecule is NC(=O)c1ccc(I)nc1C(F)(F)F. The van der Waals surface area contributed by atoms with Crippen molar-refractivity contribution < 1.29 is 18.0 Å². The molecule has 1 heterocycles. The van der Waals surface area contributed by atoms with E-state index in [4.69, 9.17) is 5.73 Å². The van der Waals surface area contributed by atoms with E-state index >= 15 is 0 Å². The average Bonchev–Trinajstić information content (AvgIpc) is 2.01. The highest BCUT2D eigenvalue weighted by Crippen LogP contribution is 2.30. The lowest BCUT2D eigenvalue weighted by atomic mass is 10.2. The van der Waals surface area contributed by atoms with Gasteiger partial charge < -0.3 is 5.73 Å². The van der Waals surface area contributed by atoms with Crippen LogP contribution in [0.2, 0.25) is 0 Å². The number of aromatic nitrogens is 1. The first-order valence-electron chi connectivity index (χ1n) is 3.36. The van der Waals surface area contributed by atoms with Gasteiger partial charge in [-0.15, -0.1) is 0 Å². The molecule has 0 atom stereocenters. The number of nitrogens with two attached hydrogens (primary N) is 1. The molecule has 0 bridgehead atoms. The van der Waals surface area contributed by atoms with Gasteiger partial charge >= 0.3 is 6.18 Å². The van der Waals surface area contributed by atoms with E-state index < -0.39 is 23.3 Å². The Balaban J connectivity index is 3.38. The Hall–Kier alpha value is -0.860. The largest absolute Gasteiger partial charge is 0.434 e. The van der Waals surface area contributed by atoms with Crippen LogP contribution >= 0.6 is 22.6 Å². The van der Waals surface area contributed by atoms with Gasteiger partial charge in [-0.25, -0.2) is 4.98 Å². The Bertz CT molecular complexity index is 378. The number of alkyl halides is 3. The lowest BCUT2D eigenvalue weighted by Crippen LogP contribution is -2.20. The summed E-state index contributed by atoms with van der Waals surface area (Å²) in [6.45, 7) is 0. The third kappa shape index (κ3) is 2.34.